The Balaban J connectivity index is 1.50. The van der Waals surface area contributed by atoms with Crippen LogP contribution in [-0.2, 0) is 13.6 Å². The zero-order valence-corrected chi connectivity index (χ0v) is 17.1. The quantitative estimate of drug-likeness (QED) is 0.312. The van der Waals surface area contributed by atoms with Gasteiger partial charge in [-0.15, -0.1) is 0 Å². The molecule has 1 aromatic carbocycles. The molecule has 0 spiro atoms. The van der Waals surface area contributed by atoms with E-state index in [1.54, 1.807) is 28.9 Å². The van der Waals surface area contributed by atoms with Crippen LogP contribution in [0.2, 0.25) is 0 Å². The number of carbonyl (C=O) groups is 2. The number of nitrogens with zero attached hydrogens (tertiary/aromatic N) is 6. The van der Waals surface area contributed by atoms with Gasteiger partial charge in [0.2, 0.25) is 0 Å². The van der Waals surface area contributed by atoms with Crippen molar-refractivity contribution in [1.29, 1.82) is 0 Å². The lowest BCUT2D eigenvalue weighted by Crippen LogP contribution is -2.39. The molecule has 1 N–H and O–H groups in total. The molecule has 9 heteroatoms. The summed E-state index contributed by atoms with van der Waals surface area (Å²) < 4.78 is 1.74. The number of amides is 2. The second-order valence-electron chi connectivity index (χ2n) is 6.91. The van der Waals surface area contributed by atoms with E-state index >= 15 is 0 Å². The number of guanidine groups is 1. The second-order valence-corrected chi connectivity index (χ2v) is 6.91. The first-order chi connectivity index (χ1) is 14.0. The van der Waals surface area contributed by atoms with Gasteiger partial charge in [-0.2, -0.15) is 5.10 Å². The fourth-order valence-corrected chi connectivity index (χ4v) is 3.23. The third kappa shape index (κ3) is 4.61. The number of nitrogens with one attached hydrogen (secondary N) is 1. The molecule has 0 atom stereocenters. The van der Waals surface area contributed by atoms with Gasteiger partial charge < -0.3 is 10.2 Å². The van der Waals surface area contributed by atoms with Crippen LogP contribution >= 0.6 is 0 Å². The third-order valence-electron chi connectivity index (χ3n) is 4.81. The van der Waals surface area contributed by atoms with Gasteiger partial charge in [0.05, 0.1) is 17.7 Å². The van der Waals surface area contributed by atoms with Crippen molar-refractivity contribution in [2.75, 3.05) is 26.7 Å². The van der Waals surface area contributed by atoms with E-state index in [0.717, 1.165) is 24.7 Å². The normalized spacial score (nSPS) is 13.8. The van der Waals surface area contributed by atoms with Crippen LogP contribution in [0.4, 0.5) is 0 Å². The van der Waals surface area contributed by atoms with Crippen molar-refractivity contribution in [2.24, 2.45) is 12.0 Å². The van der Waals surface area contributed by atoms with Crippen molar-refractivity contribution in [3.8, 4) is 0 Å². The summed E-state index contributed by atoms with van der Waals surface area (Å²) in [5.74, 6) is 1.23. The van der Waals surface area contributed by atoms with Gasteiger partial charge in [-0.05, 0) is 31.9 Å². The van der Waals surface area contributed by atoms with Gasteiger partial charge in [0.1, 0.15) is 12.2 Å². The molecule has 1 aromatic heterocycles. The molecule has 2 aromatic rings. The number of aromatic nitrogens is 3. The molecule has 0 radical (unpaired) electrons. The number of hydrogen-bond donors (Lipinski definition) is 1. The molecule has 1 aliphatic rings. The molecular formula is C20H27N7O2. The number of fused-ring (bicyclic) bond motifs is 1. The molecule has 29 heavy (non-hydrogen) atoms. The molecule has 2 amide bonds. The van der Waals surface area contributed by atoms with Crippen LogP contribution in [0, 0.1) is 0 Å². The minimum atomic E-state index is -0.203. The van der Waals surface area contributed by atoms with Gasteiger partial charge in [0.25, 0.3) is 11.8 Å². The first-order valence-electron chi connectivity index (χ1n) is 9.80. The first-order valence-corrected chi connectivity index (χ1v) is 9.80. The largest absolute Gasteiger partial charge is 0.357 e. The smallest absolute Gasteiger partial charge is 0.261 e. The minimum absolute atomic E-state index is 0.203. The molecule has 0 saturated carbocycles. The van der Waals surface area contributed by atoms with Gasteiger partial charge >= 0.3 is 0 Å². The Morgan fingerprint density at radius 1 is 1.17 bits per heavy atom. The number of aliphatic imine (C=N–C) groups is 1. The maximum atomic E-state index is 12.4. The molecule has 3 rings (SSSR count). The third-order valence-corrected chi connectivity index (χ3v) is 4.81. The van der Waals surface area contributed by atoms with E-state index in [9.17, 15) is 9.59 Å². The molecular weight excluding hydrogens is 370 g/mol. The lowest BCUT2D eigenvalue weighted by Gasteiger charge is -2.21. The molecule has 2 heterocycles. The van der Waals surface area contributed by atoms with Crippen molar-refractivity contribution in [2.45, 2.75) is 26.3 Å². The molecule has 9 nitrogen and oxygen atoms in total. The summed E-state index contributed by atoms with van der Waals surface area (Å²) in [7, 11) is 3.81. The highest BCUT2D eigenvalue weighted by Crippen LogP contribution is 2.22. The van der Waals surface area contributed by atoms with Crippen molar-refractivity contribution >= 4 is 17.8 Å². The highest BCUT2D eigenvalue weighted by atomic mass is 16.2. The van der Waals surface area contributed by atoms with E-state index in [2.05, 4.69) is 20.4 Å². The van der Waals surface area contributed by atoms with Crippen LogP contribution in [0.3, 0.4) is 0 Å². The first kappa shape index (κ1) is 20.5. The Bertz CT molecular complexity index is 871. The van der Waals surface area contributed by atoms with Crippen LogP contribution in [0.5, 0.6) is 0 Å². The Kier molecular flexibility index (Phi) is 6.58. The molecule has 0 unspecified atom stereocenters. The molecule has 154 valence electrons. The molecule has 0 fully saturated rings. The van der Waals surface area contributed by atoms with Crippen molar-refractivity contribution < 1.29 is 9.59 Å². The topological polar surface area (TPSA) is 95.7 Å². The predicted octanol–water partition coefficient (Wildman–Crippen LogP) is 1.29. The Hall–Kier alpha value is -3.23. The second kappa shape index (κ2) is 9.31. The van der Waals surface area contributed by atoms with E-state index in [-0.39, 0.29) is 11.8 Å². The number of benzene rings is 1. The minimum Gasteiger partial charge on any atom is -0.357 e. The number of aryl methyl sites for hydroxylation is 1. The standard InChI is InChI=1S/C20H27N7O2/c1-4-21-20(25(2)13-17-23-14-24-26(17)3)22-11-7-8-12-27-18(28)15-9-5-6-10-16(15)19(27)29/h5-6,9-10,14H,4,7-8,11-13H2,1-3H3,(H,21,22). The van der Waals surface area contributed by atoms with E-state index in [0.29, 0.717) is 37.2 Å². The van der Waals surface area contributed by atoms with E-state index in [1.807, 2.05) is 25.9 Å². The fraction of sp³-hybridized carbons (Fsp3) is 0.450. The Labute approximate surface area is 170 Å². The summed E-state index contributed by atoms with van der Waals surface area (Å²) >= 11 is 0. The maximum Gasteiger partial charge on any atom is 0.261 e. The van der Waals surface area contributed by atoms with Gasteiger partial charge in [0.15, 0.2) is 5.96 Å². The molecule has 1 aliphatic heterocycles. The highest BCUT2D eigenvalue weighted by molar-refractivity contribution is 6.21. The average molecular weight is 397 g/mol. The van der Waals surface area contributed by atoms with Crippen molar-refractivity contribution in [1.82, 2.24) is 29.9 Å². The van der Waals surface area contributed by atoms with E-state index in [1.165, 1.54) is 11.2 Å². The van der Waals surface area contributed by atoms with Gasteiger partial charge in [-0.1, -0.05) is 12.1 Å². The highest BCUT2D eigenvalue weighted by Gasteiger charge is 2.34. The maximum absolute atomic E-state index is 12.4. The molecule has 0 saturated heterocycles. The summed E-state index contributed by atoms with van der Waals surface area (Å²) in [4.78, 5) is 37.0. The van der Waals surface area contributed by atoms with Crippen LogP contribution in [0.15, 0.2) is 35.6 Å². The number of unbranched alkanes of at least 4 members (excludes halogenated alkanes) is 1. The lowest BCUT2D eigenvalue weighted by atomic mass is 10.1. The summed E-state index contributed by atoms with van der Waals surface area (Å²) in [5.41, 5.74) is 0.991. The number of carbonyl (C=O) groups excluding carboxylic acids is 2. The van der Waals surface area contributed by atoms with Gasteiger partial charge in [-0.3, -0.25) is 24.2 Å². The van der Waals surface area contributed by atoms with Crippen LogP contribution in [-0.4, -0.2) is 69.0 Å². The lowest BCUT2D eigenvalue weighted by molar-refractivity contribution is 0.0652. The predicted molar refractivity (Wildman–Crippen MR) is 109 cm³/mol. The molecule has 0 aliphatic carbocycles. The van der Waals surface area contributed by atoms with Crippen LogP contribution < -0.4 is 5.32 Å². The zero-order valence-electron chi connectivity index (χ0n) is 17.1. The van der Waals surface area contributed by atoms with E-state index in [4.69, 9.17) is 0 Å². The van der Waals surface area contributed by atoms with Crippen LogP contribution in [0.1, 0.15) is 46.3 Å². The summed E-state index contributed by atoms with van der Waals surface area (Å²) in [5, 5.41) is 7.36. The summed E-state index contributed by atoms with van der Waals surface area (Å²) in [6, 6.07) is 6.97. The molecule has 0 bridgehead atoms. The van der Waals surface area contributed by atoms with Crippen molar-refractivity contribution in [3.05, 3.63) is 47.5 Å². The van der Waals surface area contributed by atoms with Gasteiger partial charge in [-0.25, -0.2) is 4.98 Å². The number of hydrogen-bond acceptors (Lipinski definition) is 5. The SMILES string of the molecule is CCNC(=NCCCCN1C(=O)c2ccccc2C1=O)N(C)Cc1ncnn1C. The van der Waals surface area contributed by atoms with Gasteiger partial charge in [0, 0.05) is 33.7 Å². The number of imide groups is 1. The Morgan fingerprint density at radius 3 is 2.45 bits per heavy atom. The Morgan fingerprint density at radius 2 is 1.86 bits per heavy atom. The van der Waals surface area contributed by atoms with Crippen LogP contribution in [0.25, 0.3) is 0 Å². The summed E-state index contributed by atoms with van der Waals surface area (Å²) in [6.07, 6.45) is 3.02. The zero-order chi connectivity index (χ0) is 20.8. The van der Waals surface area contributed by atoms with E-state index < -0.39 is 0 Å². The summed E-state index contributed by atoms with van der Waals surface area (Å²) in [6.45, 7) is 4.39. The van der Waals surface area contributed by atoms with Crippen molar-refractivity contribution in [3.63, 3.8) is 0 Å². The monoisotopic (exact) mass is 397 g/mol. The fourth-order valence-electron chi connectivity index (χ4n) is 3.23. The number of rotatable bonds is 8. The average Bonchev–Trinajstić information content (AvgIpc) is 3.22.